The van der Waals surface area contributed by atoms with Gasteiger partial charge in [0.2, 0.25) is 0 Å². The largest absolute Gasteiger partial charge is 0.375 e. The molecule has 0 N–H and O–H groups in total. The minimum Gasteiger partial charge on any atom is -0.245 e. The molecule has 0 spiro atoms. The average Bonchev–Trinajstić information content (AvgIpc) is 1.38. The Hall–Kier alpha value is -0.840. The first-order chi connectivity index (χ1) is 2.27. The van der Waals surface area contributed by atoms with Gasteiger partial charge in [-0.2, -0.15) is 0 Å². The fraction of sp³-hybridized carbons (Fsp3) is 0. The third-order valence-electron chi connectivity index (χ3n) is 0.113. The monoisotopic (exact) mass is 72.0 g/mol. The average molecular weight is 72.0 g/mol. The second-order valence-corrected chi connectivity index (χ2v) is 0.418. The Morgan fingerprint density at radius 3 is 2.20 bits per heavy atom. The number of hydrogen-bond donors (Lipinski definition) is 0. The molecular formula is C3HFO. The summed E-state index contributed by atoms with van der Waals surface area (Å²) in [6.45, 7) is 0. The first-order valence-corrected chi connectivity index (χ1v) is 0.932. The SMILES string of the molecule is C#CC(=O)F. The summed E-state index contributed by atoms with van der Waals surface area (Å²) in [7, 11) is 0. The first kappa shape index (κ1) is 4.16. The molecule has 1 nitrogen and oxygen atoms in total. The normalized spacial score (nSPS) is 5.60. The third-order valence-corrected chi connectivity index (χ3v) is 0.113. The summed E-state index contributed by atoms with van der Waals surface area (Å²) in [5.41, 5.74) is 0. The standard InChI is InChI=1S/C3HFO/c1-2-3(4)5/h1H. The number of rotatable bonds is 0. The van der Waals surface area contributed by atoms with E-state index in [9.17, 15) is 4.39 Å². The summed E-state index contributed by atoms with van der Waals surface area (Å²) in [6, 6.07) is -1.72. The van der Waals surface area contributed by atoms with E-state index in [0.29, 0.717) is 0 Å². The van der Waals surface area contributed by atoms with Gasteiger partial charge in [0.25, 0.3) is 0 Å². The van der Waals surface area contributed by atoms with Crippen LogP contribution < -0.4 is 0 Å². The van der Waals surface area contributed by atoms with Crippen molar-refractivity contribution in [3.8, 4) is 12.3 Å². The Morgan fingerprint density at radius 2 is 2.20 bits per heavy atom. The summed E-state index contributed by atoms with van der Waals surface area (Å²) in [5, 5.41) is 0. The first-order valence-electron chi connectivity index (χ1n) is 0.932. The van der Waals surface area contributed by atoms with E-state index in [1.165, 1.54) is 5.92 Å². The van der Waals surface area contributed by atoms with Gasteiger partial charge in [0.15, 0.2) is 0 Å². The fourth-order valence-corrected chi connectivity index (χ4v) is 0. The van der Waals surface area contributed by atoms with Gasteiger partial charge in [0.05, 0.1) is 0 Å². The molecule has 0 rings (SSSR count). The number of halogens is 1. The molecule has 0 aliphatic rings. The van der Waals surface area contributed by atoms with Gasteiger partial charge in [-0.05, 0) is 0 Å². The predicted molar refractivity (Wildman–Crippen MR) is 14.9 cm³/mol. The number of terminal acetylenes is 1. The molecule has 0 bridgehead atoms. The van der Waals surface area contributed by atoms with Crippen LogP contribution in [0.5, 0.6) is 0 Å². The Balaban J connectivity index is 3.35. The van der Waals surface area contributed by atoms with Crippen LogP contribution in [0.15, 0.2) is 0 Å². The lowest BCUT2D eigenvalue weighted by molar-refractivity contribution is -0.123. The minimum atomic E-state index is -1.72. The molecule has 0 amide bonds. The molecule has 0 heterocycles. The van der Waals surface area contributed by atoms with Gasteiger partial charge in [-0.1, -0.05) is 0 Å². The molecule has 0 aliphatic heterocycles. The van der Waals surface area contributed by atoms with Crippen LogP contribution in [-0.2, 0) is 4.79 Å². The quantitative estimate of drug-likeness (QED) is 0.293. The molecule has 26 valence electrons. The molecule has 2 heteroatoms. The zero-order chi connectivity index (χ0) is 4.28. The van der Waals surface area contributed by atoms with Crippen molar-refractivity contribution in [2.45, 2.75) is 0 Å². The fourth-order valence-electron chi connectivity index (χ4n) is 0. The van der Waals surface area contributed by atoms with Crippen molar-refractivity contribution in [2.75, 3.05) is 0 Å². The molecule has 0 unspecified atom stereocenters. The minimum absolute atomic E-state index is 1.22. The number of carbonyl (C=O) groups is 1. The second-order valence-electron chi connectivity index (χ2n) is 0.418. The van der Waals surface area contributed by atoms with E-state index in [-0.39, 0.29) is 0 Å². The summed E-state index contributed by atoms with van der Waals surface area (Å²) in [6.07, 6.45) is 4.20. The van der Waals surface area contributed by atoms with Crippen LogP contribution in [0.4, 0.5) is 4.39 Å². The molecule has 0 saturated carbocycles. The molecule has 0 aromatic carbocycles. The maximum absolute atomic E-state index is 10.6. The lowest BCUT2D eigenvalue weighted by atomic mass is 10.8. The van der Waals surface area contributed by atoms with Gasteiger partial charge in [0.1, 0.15) is 0 Å². The molecule has 0 fully saturated rings. The maximum atomic E-state index is 10.6. The van der Waals surface area contributed by atoms with Crippen molar-refractivity contribution in [1.82, 2.24) is 0 Å². The van der Waals surface area contributed by atoms with E-state index >= 15 is 0 Å². The number of carbonyl (C=O) groups excluding carboxylic acids is 1. The third kappa shape index (κ3) is 3.16. The van der Waals surface area contributed by atoms with E-state index in [1.807, 2.05) is 0 Å². The molecule has 0 aromatic heterocycles. The van der Waals surface area contributed by atoms with Crippen molar-refractivity contribution in [3.05, 3.63) is 0 Å². The summed E-state index contributed by atoms with van der Waals surface area (Å²) in [5.74, 6) is 1.22. The van der Waals surface area contributed by atoms with Crippen molar-refractivity contribution in [2.24, 2.45) is 0 Å². The molecule has 0 aliphatic carbocycles. The van der Waals surface area contributed by atoms with Crippen LogP contribution in [0.25, 0.3) is 0 Å². The Bertz CT molecular complexity index is 79.4. The van der Waals surface area contributed by atoms with Crippen molar-refractivity contribution in [3.63, 3.8) is 0 Å². The molecule has 0 aromatic rings. The van der Waals surface area contributed by atoms with Crippen LogP contribution >= 0.6 is 0 Å². The Morgan fingerprint density at radius 1 is 2.00 bits per heavy atom. The van der Waals surface area contributed by atoms with Gasteiger partial charge < -0.3 is 0 Å². The smallest absolute Gasteiger partial charge is 0.245 e. The van der Waals surface area contributed by atoms with Crippen molar-refractivity contribution in [1.29, 1.82) is 0 Å². The van der Waals surface area contributed by atoms with Gasteiger partial charge >= 0.3 is 6.04 Å². The second kappa shape index (κ2) is 1.48. The highest BCUT2D eigenvalue weighted by molar-refractivity contribution is 5.86. The molecule has 0 atom stereocenters. The molecular weight excluding hydrogens is 71.0 g/mol. The van der Waals surface area contributed by atoms with Crippen LogP contribution in [-0.4, -0.2) is 6.04 Å². The van der Waals surface area contributed by atoms with E-state index in [1.54, 1.807) is 0 Å². The van der Waals surface area contributed by atoms with Crippen LogP contribution in [0.3, 0.4) is 0 Å². The maximum Gasteiger partial charge on any atom is 0.375 e. The van der Waals surface area contributed by atoms with E-state index in [4.69, 9.17) is 4.79 Å². The highest BCUT2D eigenvalue weighted by Gasteiger charge is 1.77. The highest BCUT2D eigenvalue weighted by atomic mass is 19.1. The zero-order valence-electron chi connectivity index (χ0n) is 2.36. The van der Waals surface area contributed by atoms with Crippen LogP contribution in [0.1, 0.15) is 0 Å². The van der Waals surface area contributed by atoms with E-state index < -0.39 is 6.04 Å². The number of hydrogen-bond acceptors (Lipinski definition) is 1. The topological polar surface area (TPSA) is 17.1 Å². The predicted octanol–water partition coefficient (Wildman–Crippen LogP) is 0.116. The van der Waals surface area contributed by atoms with Gasteiger partial charge in [-0.25, -0.2) is 4.79 Å². The van der Waals surface area contributed by atoms with Gasteiger partial charge in [-0.15, -0.1) is 10.8 Å². The zero-order valence-corrected chi connectivity index (χ0v) is 2.36. The highest BCUT2D eigenvalue weighted by Crippen LogP contribution is 1.59. The van der Waals surface area contributed by atoms with Gasteiger partial charge in [0, 0.05) is 5.92 Å². The lowest BCUT2D eigenvalue weighted by Crippen LogP contribution is -1.72. The van der Waals surface area contributed by atoms with Crippen molar-refractivity contribution < 1.29 is 9.18 Å². The van der Waals surface area contributed by atoms with Crippen LogP contribution in [0, 0.1) is 12.3 Å². The summed E-state index contributed by atoms with van der Waals surface area (Å²) >= 11 is 0. The molecule has 5 heavy (non-hydrogen) atoms. The summed E-state index contributed by atoms with van der Waals surface area (Å²) in [4.78, 5) is 8.91. The van der Waals surface area contributed by atoms with Crippen LogP contribution in [0.2, 0.25) is 0 Å². The van der Waals surface area contributed by atoms with E-state index in [2.05, 4.69) is 6.42 Å². The summed E-state index contributed by atoms with van der Waals surface area (Å²) < 4.78 is 10.6. The van der Waals surface area contributed by atoms with Gasteiger partial charge in [-0.3, -0.25) is 0 Å². The Kier molecular flexibility index (Phi) is 1.23. The lowest BCUT2D eigenvalue weighted by Gasteiger charge is -1.52. The molecule has 0 saturated heterocycles. The Labute approximate surface area is 28.8 Å². The molecule has 0 radical (unpaired) electrons. The van der Waals surface area contributed by atoms with E-state index in [0.717, 1.165) is 0 Å². The van der Waals surface area contributed by atoms with Crippen molar-refractivity contribution >= 4 is 6.04 Å².